The molecule has 0 aromatic heterocycles. The van der Waals surface area contributed by atoms with E-state index in [0.29, 0.717) is 23.6 Å². The number of hydrogen-bond donors (Lipinski definition) is 1. The van der Waals surface area contributed by atoms with Crippen molar-refractivity contribution in [3.63, 3.8) is 0 Å². The van der Waals surface area contributed by atoms with Gasteiger partial charge in [-0.2, -0.15) is 0 Å². The van der Waals surface area contributed by atoms with Crippen molar-refractivity contribution in [2.45, 2.75) is 6.42 Å². The van der Waals surface area contributed by atoms with Crippen LogP contribution in [0.25, 0.3) is 0 Å². The summed E-state index contributed by atoms with van der Waals surface area (Å²) in [4.78, 5) is 12.3. The Morgan fingerprint density at radius 2 is 1.91 bits per heavy atom. The smallest absolute Gasteiger partial charge is 0.255 e. The summed E-state index contributed by atoms with van der Waals surface area (Å²) in [6.45, 7) is 0.543. The van der Waals surface area contributed by atoms with Gasteiger partial charge < -0.3 is 14.8 Å². The zero-order chi connectivity index (χ0) is 15.9. The molecular formula is C17H18BrNO3. The predicted molar refractivity (Wildman–Crippen MR) is 89.7 cm³/mol. The molecule has 0 spiro atoms. The second kappa shape index (κ2) is 7.84. The molecule has 1 amide bonds. The van der Waals surface area contributed by atoms with Crippen LogP contribution in [0.4, 0.5) is 0 Å². The van der Waals surface area contributed by atoms with Crippen molar-refractivity contribution in [1.29, 1.82) is 0 Å². The SMILES string of the molecule is COc1ccc(OC)c(C(=O)NCCc2ccccc2Br)c1. The number of carbonyl (C=O) groups excluding carboxylic acids is 1. The average Bonchev–Trinajstić information content (AvgIpc) is 2.55. The molecule has 5 heteroatoms. The van der Waals surface area contributed by atoms with Crippen molar-refractivity contribution in [2.75, 3.05) is 20.8 Å². The Balaban J connectivity index is 2.02. The highest BCUT2D eigenvalue weighted by atomic mass is 79.9. The summed E-state index contributed by atoms with van der Waals surface area (Å²) in [7, 11) is 3.11. The quantitative estimate of drug-likeness (QED) is 0.854. The molecule has 4 nitrogen and oxygen atoms in total. The van der Waals surface area contributed by atoms with Gasteiger partial charge in [0.1, 0.15) is 11.5 Å². The summed E-state index contributed by atoms with van der Waals surface area (Å²) < 4.78 is 11.4. The lowest BCUT2D eigenvalue weighted by molar-refractivity contribution is 0.0950. The highest BCUT2D eigenvalue weighted by molar-refractivity contribution is 9.10. The van der Waals surface area contributed by atoms with Gasteiger partial charge in [0.25, 0.3) is 5.91 Å². The number of hydrogen-bond acceptors (Lipinski definition) is 3. The third kappa shape index (κ3) is 4.01. The number of rotatable bonds is 6. The number of nitrogens with one attached hydrogen (secondary N) is 1. The lowest BCUT2D eigenvalue weighted by Crippen LogP contribution is -2.26. The molecule has 2 rings (SSSR count). The lowest BCUT2D eigenvalue weighted by Gasteiger charge is -2.11. The molecule has 116 valence electrons. The molecule has 2 aromatic rings. The van der Waals surface area contributed by atoms with Gasteiger partial charge in [-0.05, 0) is 36.2 Å². The van der Waals surface area contributed by atoms with Gasteiger partial charge in [-0.15, -0.1) is 0 Å². The van der Waals surface area contributed by atoms with Crippen LogP contribution < -0.4 is 14.8 Å². The molecule has 0 radical (unpaired) electrons. The molecule has 0 bridgehead atoms. The van der Waals surface area contributed by atoms with E-state index in [9.17, 15) is 4.79 Å². The Kier molecular flexibility index (Phi) is 5.83. The molecular weight excluding hydrogens is 346 g/mol. The Morgan fingerprint density at radius 1 is 1.14 bits per heavy atom. The monoisotopic (exact) mass is 363 g/mol. The second-order valence-corrected chi connectivity index (χ2v) is 5.52. The largest absolute Gasteiger partial charge is 0.497 e. The summed E-state index contributed by atoms with van der Waals surface area (Å²) in [5.41, 5.74) is 1.62. The van der Waals surface area contributed by atoms with E-state index in [1.54, 1.807) is 32.4 Å². The van der Waals surface area contributed by atoms with Crippen molar-refractivity contribution in [2.24, 2.45) is 0 Å². The van der Waals surface area contributed by atoms with Crippen molar-refractivity contribution in [3.8, 4) is 11.5 Å². The fourth-order valence-corrected chi connectivity index (χ4v) is 2.58. The van der Waals surface area contributed by atoms with Crippen LogP contribution in [-0.4, -0.2) is 26.7 Å². The summed E-state index contributed by atoms with van der Waals surface area (Å²) in [6.07, 6.45) is 0.749. The first kappa shape index (κ1) is 16.4. The van der Waals surface area contributed by atoms with E-state index in [2.05, 4.69) is 21.2 Å². The van der Waals surface area contributed by atoms with Crippen LogP contribution in [0.2, 0.25) is 0 Å². The van der Waals surface area contributed by atoms with Gasteiger partial charge >= 0.3 is 0 Å². The van der Waals surface area contributed by atoms with Gasteiger partial charge in [-0.3, -0.25) is 4.79 Å². The second-order valence-electron chi connectivity index (χ2n) is 4.66. The van der Waals surface area contributed by atoms with Crippen LogP contribution in [0.1, 0.15) is 15.9 Å². The molecule has 0 atom stereocenters. The summed E-state index contributed by atoms with van der Waals surface area (Å²) >= 11 is 3.50. The Hall–Kier alpha value is -2.01. The maximum atomic E-state index is 12.3. The Morgan fingerprint density at radius 3 is 2.59 bits per heavy atom. The number of halogens is 1. The van der Waals surface area contributed by atoms with Gasteiger partial charge in [0.05, 0.1) is 19.8 Å². The van der Waals surface area contributed by atoms with Gasteiger partial charge in [0.15, 0.2) is 0 Å². The Bertz CT molecular complexity index is 658. The van der Waals surface area contributed by atoms with E-state index < -0.39 is 0 Å². The van der Waals surface area contributed by atoms with E-state index in [4.69, 9.17) is 9.47 Å². The highest BCUT2D eigenvalue weighted by Gasteiger charge is 2.13. The van der Waals surface area contributed by atoms with Gasteiger partial charge in [0.2, 0.25) is 0 Å². The van der Waals surface area contributed by atoms with Crippen molar-refractivity contribution >= 4 is 21.8 Å². The van der Waals surface area contributed by atoms with Crippen LogP contribution in [-0.2, 0) is 6.42 Å². The van der Waals surface area contributed by atoms with E-state index in [0.717, 1.165) is 16.5 Å². The van der Waals surface area contributed by atoms with E-state index in [1.807, 2.05) is 24.3 Å². The van der Waals surface area contributed by atoms with Crippen LogP contribution in [0.3, 0.4) is 0 Å². The fraction of sp³-hybridized carbons (Fsp3) is 0.235. The minimum atomic E-state index is -0.178. The van der Waals surface area contributed by atoms with Gasteiger partial charge in [-0.25, -0.2) is 0 Å². The van der Waals surface area contributed by atoms with Crippen LogP contribution >= 0.6 is 15.9 Å². The molecule has 0 aliphatic carbocycles. The van der Waals surface area contributed by atoms with E-state index in [1.165, 1.54) is 0 Å². The molecule has 0 aliphatic heterocycles. The first-order valence-corrected chi connectivity index (χ1v) is 7.68. The number of amides is 1. The van der Waals surface area contributed by atoms with Gasteiger partial charge in [-0.1, -0.05) is 34.1 Å². The minimum absolute atomic E-state index is 0.178. The maximum Gasteiger partial charge on any atom is 0.255 e. The lowest BCUT2D eigenvalue weighted by atomic mass is 10.1. The van der Waals surface area contributed by atoms with Crippen LogP contribution in [0, 0.1) is 0 Å². The van der Waals surface area contributed by atoms with Crippen molar-refractivity contribution in [3.05, 3.63) is 58.1 Å². The van der Waals surface area contributed by atoms with Crippen LogP contribution in [0.15, 0.2) is 46.9 Å². The number of carbonyl (C=O) groups is 1. The topological polar surface area (TPSA) is 47.6 Å². The van der Waals surface area contributed by atoms with E-state index in [-0.39, 0.29) is 5.91 Å². The van der Waals surface area contributed by atoms with Crippen molar-refractivity contribution in [1.82, 2.24) is 5.32 Å². The zero-order valence-corrected chi connectivity index (χ0v) is 14.1. The third-order valence-corrected chi connectivity index (χ3v) is 4.06. The molecule has 0 heterocycles. The summed E-state index contributed by atoms with van der Waals surface area (Å²) in [5, 5.41) is 2.91. The maximum absolute atomic E-state index is 12.3. The highest BCUT2D eigenvalue weighted by Crippen LogP contribution is 2.23. The first-order valence-electron chi connectivity index (χ1n) is 6.89. The average molecular weight is 364 g/mol. The zero-order valence-electron chi connectivity index (χ0n) is 12.6. The fourth-order valence-electron chi connectivity index (χ4n) is 2.10. The third-order valence-electron chi connectivity index (χ3n) is 3.29. The standard InChI is InChI=1S/C17H18BrNO3/c1-21-13-7-8-16(22-2)14(11-13)17(20)19-10-9-12-5-3-4-6-15(12)18/h3-8,11H,9-10H2,1-2H3,(H,19,20). The van der Waals surface area contributed by atoms with E-state index >= 15 is 0 Å². The summed E-state index contributed by atoms with van der Waals surface area (Å²) in [5.74, 6) is 0.971. The van der Waals surface area contributed by atoms with Gasteiger partial charge in [0, 0.05) is 11.0 Å². The number of methoxy groups -OCH3 is 2. The molecule has 0 saturated carbocycles. The summed E-state index contributed by atoms with van der Waals surface area (Å²) in [6, 6.07) is 13.1. The molecule has 0 saturated heterocycles. The van der Waals surface area contributed by atoms with Crippen LogP contribution in [0.5, 0.6) is 11.5 Å². The molecule has 0 aliphatic rings. The molecule has 1 N–H and O–H groups in total. The first-order chi connectivity index (χ1) is 10.7. The minimum Gasteiger partial charge on any atom is -0.497 e. The molecule has 2 aromatic carbocycles. The normalized spacial score (nSPS) is 10.1. The molecule has 0 unspecified atom stereocenters. The molecule has 0 fully saturated rings. The number of ether oxygens (including phenoxy) is 2. The van der Waals surface area contributed by atoms with Crippen molar-refractivity contribution < 1.29 is 14.3 Å². The Labute approximate surface area is 138 Å². The number of benzene rings is 2. The predicted octanol–water partition coefficient (Wildman–Crippen LogP) is 3.44. The molecule has 22 heavy (non-hydrogen) atoms.